The summed E-state index contributed by atoms with van der Waals surface area (Å²) in [7, 11) is 0. The Hall–Kier alpha value is -2.68. The summed E-state index contributed by atoms with van der Waals surface area (Å²) in [5.74, 6) is 0.826. The normalized spacial score (nSPS) is 10.8. The molecule has 0 atom stereocenters. The number of hydrogen-bond acceptors (Lipinski definition) is 7. The summed E-state index contributed by atoms with van der Waals surface area (Å²) in [6.45, 7) is 0.217. The van der Waals surface area contributed by atoms with Crippen LogP contribution in [-0.4, -0.2) is 52.1 Å². The van der Waals surface area contributed by atoms with Gasteiger partial charge in [-0.05, 0) is 33.0 Å². The first kappa shape index (κ1) is 11.4. The Balaban J connectivity index is 2.07. The average molecular weight is 258 g/mol. The highest BCUT2D eigenvalue weighted by Gasteiger charge is 2.17. The van der Waals surface area contributed by atoms with Gasteiger partial charge in [-0.3, -0.25) is 0 Å². The maximum absolute atomic E-state index is 8.97. The molecule has 3 rings (SSSR count). The van der Waals surface area contributed by atoms with E-state index in [1.807, 2.05) is 30.3 Å². The van der Waals surface area contributed by atoms with Crippen LogP contribution in [0, 0.1) is 0 Å². The fraction of sp³-hybridized carbons (Fsp3) is 0.200. The van der Waals surface area contributed by atoms with Gasteiger partial charge in [-0.15, -0.1) is 10.2 Å². The number of para-hydroxylation sites is 1. The van der Waals surface area contributed by atoms with Crippen LogP contribution in [0.15, 0.2) is 30.3 Å². The van der Waals surface area contributed by atoms with E-state index < -0.39 is 0 Å². The molecule has 0 saturated carbocycles. The van der Waals surface area contributed by atoms with Gasteiger partial charge in [0.2, 0.25) is 11.6 Å². The number of aliphatic hydroxyl groups excluding tert-OH is 1. The van der Waals surface area contributed by atoms with Crippen LogP contribution >= 0.6 is 0 Å². The Bertz CT molecular complexity index is 661. The summed E-state index contributed by atoms with van der Waals surface area (Å²) in [6.07, 6.45) is 0. The Morgan fingerprint density at radius 1 is 0.947 bits per heavy atom. The molecule has 0 aliphatic rings. The van der Waals surface area contributed by atoms with E-state index in [0.717, 1.165) is 5.69 Å². The van der Waals surface area contributed by atoms with E-state index in [0.29, 0.717) is 11.6 Å². The van der Waals surface area contributed by atoms with E-state index in [1.54, 1.807) is 4.68 Å². The zero-order chi connectivity index (χ0) is 13.1. The Kier molecular flexibility index (Phi) is 2.94. The minimum Gasteiger partial charge on any atom is -0.394 e. The maximum atomic E-state index is 8.97. The number of benzene rings is 1. The molecule has 0 aliphatic heterocycles. The van der Waals surface area contributed by atoms with Gasteiger partial charge in [-0.1, -0.05) is 18.2 Å². The molecule has 3 aromatic rings. The zero-order valence-electron chi connectivity index (χ0n) is 9.83. The van der Waals surface area contributed by atoms with Crippen LogP contribution in [0.2, 0.25) is 0 Å². The van der Waals surface area contributed by atoms with Gasteiger partial charge in [0.1, 0.15) is 0 Å². The van der Waals surface area contributed by atoms with Gasteiger partial charge in [0.05, 0.1) is 18.8 Å². The minimum atomic E-state index is -0.0645. The predicted molar refractivity (Wildman–Crippen MR) is 63.1 cm³/mol. The number of aromatic nitrogens is 8. The Morgan fingerprint density at radius 3 is 2.47 bits per heavy atom. The SMILES string of the molecule is OCCn1nnnc1-c1nnnn1-c1ccccc1. The molecule has 19 heavy (non-hydrogen) atoms. The molecule has 2 aromatic heterocycles. The third kappa shape index (κ3) is 2.06. The largest absolute Gasteiger partial charge is 0.394 e. The van der Waals surface area contributed by atoms with Crippen LogP contribution in [-0.2, 0) is 6.54 Å². The molecule has 1 N–H and O–H groups in total. The van der Waals surface area contributed by atoms with Crippen molar-refractivity contribution >= 4 is 0 Å². The molecule has 0 fully saturated rings. The lowest BCUT2D eigenvalue weighted by molar-refractivity contribution is 0.268. The van der Waals surface area contributed by atoms with Crippen molar-refractivity contribution in [2.24, 2.45) is 0 Å². The van der Waals surface area contributed by atoms with Gasteiger partial charge in [0.15, 0.2) is 0 Å². The fourth-order valence-electron chi connectivity index (χ4n) is 1.68. The van der Waals surface area contributed by atoms with Gasteiger partial charge in [0, 0.05) is 0 Å². The highest BCUT2D eigenvalue weighted by Crippen LogP contribution is 2.15. The first-order valence-corrected chi connectivity index (χ1v) is 5.61. The van der Waals surface area contributed by atoms with Crippen LogP contribution in [0.5, 0.6) is 0 Å². The molecular weight excluding hydrogens is 248 g/mol. The van der Waals surface area contributed by atoms with Gasteiger partial charge in [-0.2, -0.15) is 4.68 Å². The second-order valence-corrected chi connectivity index (χ2v) is 3.70. The smallest absolute Gasteiger partial charge is 0.226 e. The summed E-state index contributed by atoms with van der Waals surface area (Å²) < 4.78 is 2.99. The first-order valence-electron chi connectivity index (χ1n) is 5.61. The monoisotopic (exact) mass is 258 g/mol. The molecule has 9 nitrogen and oxygen atoms in total. The van der Waals surface area contributed by atoms with Crippen LogP contribution in [0.3, 0.4) is 0 Å². The number of tetrazole rings is 2. The quantitative estimate of drug-likeness (QED) is 0.659. The van der Waals surface area contributed by atoms with Crippen molar-refractivity contribution in [2.75, 3.05) is 6.61 Å². The third-order valence-corrected chi connectivity index (χ3v) is 2.51. The topological polar surface area (TPSA) is 107 Å². The summed E-state index contributed by atoms with van der Waals surface area (Å²) in [5, 5.41) is 31.7. The van der Waals surface area contributed by atoms with Crippen molar-refractivity contribution in [3.63, 3.8) is 0 Å². The molecule has 9 heteroatoms. The second kappa shape index (κ2) is 4.90. The summed E-state index contributed by atoms with van der Waals surface area (Å²) in [5.41, 5.74) is 0.807. The summed E-state index contributed by atoms with van der Waals surface area (Å²) in [4.78, 5) is 0. The van der Waals surface area contributed by atoms with Crippen molar-refractivity contribution < 1.29 is 5.11 Å². The average Bonchev–Trinajstić information content (AvgIpc) is 3.08. The van der Waals surface area contributed by atoms with Crippen LogP contribution in [0.1, 0.15) is 0 Å². The molecule has 0 amide bonds. The lowest BCUT2D eigenvalue weighted by Gasteiger charge is -2.03. The van der Waals surface area contributed by atoms with E-state index in [-0.39, 0.29) is 13.2 Å². The predicted octanol–water partition coefficient (Wildman–Crippen LogP) is -0.692. The molecule has 2 heterocycles. The molecule has 0 spiro atoms. The number of nitrogens with zero attached hydrogens (tertiary/aromatic N) is 8. The fourth-order valence-corrected chi connectivity index (χ4v) is 1.68. The van der Waals surface area contributed by atoms with E-state index in [2.05, 4.69) is 31.1 Å². The van der Waals surface area contributed by atoms with Gasteiger partial charge < -0.3 is 5.11 Å². The van der Waals surface area contributed by atoms with E-state index >= 15 is 0 Å². The molecule has 96 valence electrons. The second-order valence-electron chi connectivity index (χ2n) is 3.70. The van der Waals surface area contributed by atoms with Crippen molar-refractivity contribution in [1.29, 1.82) is 0 Å². The maximum Gasteiger partial charge on any atom is 0.226 e. The Labute approximate surface area is 107 Å². The molecule has 0 aliphatic carbocycles. The molecule has 0 unspecified atom stereocenters. The zero-order valence-corrected chi connectivity index (χ0v) is 9.83. The number of hydrogen-bond donors (Lipinski definition) is 1. The van der Waals surface area contributed by atoms with Crippen LogP contribution in [0.4, 0.5) is 0 Å². The number of aliphatic hydroxyl groups is 1. The third-order valence-electron chi connectivity index (χ3n) is 2.51. The van der Waals surface area contributed by atoms with Crippen molar-refractivity contribution in [2.45, 2.75) is 6.54 Å². The van der Waals surface area contributed by atoms with Gasteiger partial charge >= 0.3 is 0 Å². The molecule has 0 radical (unpaired) electrons. The lowest BCUT2D eigenvalue weighted by Crippen LogP contribution is -2.09. The Morgan fingerprint density at radius 2 is 1.68 bits per heavy atom. The van der Waals surface area contributed by atoms with E-state index in [9.17, 15) is 0 Å². The number of rotatable bonds is 4. The van der Waals surface area contributed by atoms with Crippen molar-refractivity contribution in [3.05, 3.63) is 30.3 Å². The standard InChI is InChI=1S/C10H10N8O/c19-7-6-17-9(11-13-15-17)10-12-14-16-18(10)8-4-2-1-3-5-8/h1-5,19H,6-7H2. The molecule has 0 saturated heterocycles. The minimum absolute atomic E-state index is 0.0645. The van der Waals surface area contributed by atoms with Gasteiger partial charge in [-0.25, -0.2) is 4.68 Å². The van der Waals surface area contributed by atoms with Gasteiger partial charge in [0.25, 0.3) is 0 Å². The van der Waals surface area contributed by atoms with Crippen LogP contribution < -0.4 is 0 Å². The lowest BCUT2D eigenvalue weighted by atomic mass is 10.3. The molecular formula is C10H10N8O. The van der Waals surface area contributed by atoms with Crippen LogP contribution in [0.25, 0.3) is 17.3 Å². The first-order chi connectivity index (χ1) is 9.40. The molecule has 0 bridgehead atoms. The van der Waals surface area contributed by atoms with E-state index in [4.69, 9.17) is 5.11 Å². The molecule has 1 aromatic carbocycles. The summed E-state index contributed by atoms with van der Waals surface area (Å²) in [6, 6.07) is 9.43. The highest BCUT2D eigenvalue weighted by molar-refractivity contribution is 5.47. The highest BCUT2D eigenvalue weighted by atomic mass is 16.3. The van der Waals surface area contributed by atoms with Crippen molar-refractivity contribution in [1.82, 2.24) is 40.4 Å². The summed E-state index contributed by atoms with van der Waals surface area (Å²) >= 11 is 0. The van der Waals surface area contributed by atoms with Crippen molar-refractivity contribution in [3.8, 4) is 17.3 Å². The van der Waals surface area contributed by atoms with E-state index in [1.165, 1.54) is 4.68 Å².